The molecule has 6 aromatic rings. The van der Waals surface area contributed by atoms with Crippen molar-refractivity contribution in [3.05, 3.63) is 167 Å². The number of nitrogens with zero attached hydrogens (tertiary/aromatic N) is 2. The Morgan fingerprint density at radius 3 is 1.06 bits per heavy atom. The predicted octanol–water partition coefficient (Wildman–Crippen LogP) is 22.0. The van der Waals surface area contributed by atoms with E-state index in [1.54, 1.807) is 20.0 Å². The van der Waals surface area contributed by atoms with Crippen LogP contribution in [0, 0.1) is 77.0 Å². The van der Waals surface area contributed by atoms with Crippen LogP contribution in [0.1, 0.15) is 305 Å². The first kappa shape index (κ1) is 98.0. The maximum absolute atomic E-state index is 5.46. The number of aryl methyl sites for hydroxylation is 7. The van der Waals surface area contributed by atoms with E-state index >= 15 is 0 Å². The van der Waals surface area contributed by atoms with Crippen LogP contribution in [-0.2, 0) is 173 Å². The summed E-state index contributed by atoms with van der Waals surface area (Å²) in [4.78, 5) is 6.30. The Bertz CT molecular complexity index is 2570. The van der Waals surface area contributed by atoms with Gasteiger partial charge in [-0.15, -0.1) is 52.7 Å². The number of furan rings is 1. The van der Waals surface area contributed by atoms with Crippen LogP contribution in [0.15, 0.2) is 38.3 Å². The van der Waals surface area contributed by atoms with Gasteiger partial charge < -0.3 is 13.6 Å². The molecule has 0 saturated carbocycles. The van der Waals surface area contributed by atoms with Crippen molar-refractivity contribution in [1.29, 1.82) is 0 Å². The van der Waals surface area contributed by atoms with Crippen molar-refractivity contribution in [2.75, 3.05) is 0 Å². The fourth-order valence-electron chi connectivity index (χ4n) is 11.4. The van der Waals surface area contributed by atoms with Crippen LogP contribution in [0.2, 0.25) is 0 Å². The molecule has 0 unspecified atom stereocenters. The molecular formula is C74H120N2OSSe2W6-6. The van der Waals surface area contributed by atoms with Gasteiger partial charge >= 0.3 is 176 Å². The molecule has 0 aromatic carbocycles. The summed E-state index contributed by atoms with van der Waals surface area (Å²) >= 11 is 3.06. The van der Waals surface area contributed by atoms with E-state index < -0.39 is 0 Å². The van der Waals surface area contributed by atoms with Gasteiger partial charge in [0.2, 0.25) is 0 Å². The van der Waals surface area contributed by atoms with Crippen LogP contribution in [0.3, 0.4) is 0 Å². The largest absolute Gasteiger partial charge is 0.539 e. The molecule has 6 aromatic heterocycles. The standard InChI is InChI=1S/2C13H22N.C12H19O.C12H19S.2C12H19Se.6W/c1-9(2)11-8-14(7)10(3)12(11)13(4,5)6;1-9(2)12-11(13(4,5)6)10(3)8-14(12)7;3*1-8(2)10-7-13-9(3)11(10)12(4,5)6;1-8(2)11-10(12(4,5)6)9(3)7-13-11;;;;;;/h2*8H,1-7H3;4*7H,1-6H3;;;;;;/q6*-1;;;;;;. The molecule has 0 bridgehead atoms. The van der Waals surface area contributed by atoms with E-state index in [0.717, 1.165) is 5.76 Å². The van der Waals surface area contributed by atoms with Gasteiger partial charge in [-0.3, -0.25) is 0 Å². The van der Waals surface area contributed by atoms with Crippen LogP contribution in [0.4, 0.5) is 0 Å². The molecule has 86 heavy (non-hydrogen) atoms. The molecule has 6 rings (SSSR count). The molecule has 0 aliphatic rings. The zero-order chi connectivity index (χ0) is 63.1. The van der Waals surface area contributed by atoms with Gasteiger partial charge in [0.15, 0.2) is 0 Å². The van der Waals surface area contributed by atoms with Gasteiger partial charge in [0, 0.05) is 139 Å². The number of hydrogen-bond acceptors (Lipinski definition) is 2. The quantitative estimate of drug-likeness (QED) is 0.120. The first-order chi connectivity index (χ1) is 35.8. The third-order valence-corrected chi connectivity index (χ3v) is 19.9. The SMILES string of the molecule is Cc1[se]cc([C-](C)C)c1C(C)(C)C.Cc1c(C(C)(C)C)c([C-](C)C)cn1C.Cc1c[se]c([C-](C)C)c1C(C)(C)C.Cc1cn(C)c([C-](C)C)c1C(C)(C)C.Cc1occ([C-](C)C)c1C(C)(C)C.Cc1scc([C-](C)C)c1C(C)(C)C.[W].[W].[W].[W].[W].[W]. The predicted molar refractivity (Wildman–Crippen MR) is 363 cm³/mol. The molecule has 3 nitrogen and oxygen atoms in total. The fourth-order valence-corrected chi connectivity index (χ4v) is 17.6. The van der Waals surface area contributed by atoms with Gasteiger partial charge in [0.25, 0.3) is 0 Å². The summed E-state index contributed by atoms with van der Waals surface area (Å²) in [7, 11) is 4.25. The summed E-state index contributed by atoms with van der Waals surface area (Å²) in [6.45, 7) is 80.5. The van der Waals surface area contributed by atoms with Gasteiger partial charge in [-0.2, -0.15) is 40.4 Å². The second kappa shape index (κ2) is 39.7. The molecule has 0 N–H and O–H groups in total. The van der Waals surface area contributed by atoms with Crippen molar-refractivity contribution >= 4 is 40.3 Å². The number of rotatable bonds is 6. The Labute approximate surface area is 635 Å². The molecule has 0 atom stereocenters. The monoisotopic (exact) mass is 2350 g/mol. The van der Waals surface area contributed by atoms with E-state index in [1.165, 1.54) is 107 Å². The zero-order valence-corrected chi connectivity index (χ0v) is 83.3. The van der Waals surface area contributed by atoms with Crippen molar-refractivity contribution in [3.8, 4) is 0 Å². The second-order valence-corrected chi connectivity index (χ2v) is 35.3. The summed E-state index contributed by atoms with van der Waals surface area (Å²) in [6.07, 6.45) is 6.33. The van der Waals surface area contributed by atoms with Gasteiger partial charge in [-0.05, 0) is 46.0 Å². The topological polar surface area (TPSA) is 23.0 Å². The minimum Gasteiger partial charge on any atom is -0.539 e. The van der Waals surface area contributed by atoms with E-state index in [-0.39, 0.29) is 148 Å². The Hall–Kier alpha value is 0.889. The van der Waals surface area contributed by atoms with E-state index in [0.29, 0.717) is 39.8 Å². The van der Waals surface area contributed by atoms with Crippen molar-refractivity contribution in [3.63, 3.8) is 0 Å². The summed E-state index contributed by atoms with van der Waals surface area (Å²) in [6, 6.07) is 0. The summed E-state index contributed by atoms with van der Waals surface area (Å²) in [5, 5.41) is 2.28. The van der Waals surface area contributed by atoms with Crippen molar-refractivity contribution in [2.24, 2.45) is 14.1 Å². The van der Waals surface area contributed by atoms with Crippen molar-refractivity contribution < 1.29 is 131 Å². The minimum absolute atomic E-state index is 0. The molecule has 0 fully saturated rings. The molecule has 492 valence electrons. The second-order valence-electron chi connectivity index (χ2n) is 30.1. The van der Waals surface area contributed by atoms with Crippen molar-refractivity contribution in [2.45, 2.75) is 282 Å². The summed E-state index contributed by atoms with van der Waals surface area (Å²) in [5.41, 5.74) is 21.9. The normalized spacial score (nSPS) is 11.0. The molecule has 0 aliphatic carbocycles. The maximum atomic E-state index is 5.46. The van der Waals surface area contributed by atoms with E-state index in [1.807, 2.05) is 24.5 Å². The molecule has 6 heterocycles. The Morgan fingerprint density at radius 1 is 0.384 bits per heavy atom. The van der Waals surface area contributed by atoms with Gasteiger partial charge in [-0.1, -0.05) is 164 Å². The van der Waals surface area contributed by atoms with Gasteiger partial charge in [0.05, 0.1) is 0 Å². The van der Waals surface area contributed by atoms with Crippen LogP contribution in [-0.4, -0.2) is 38.1 Å². The molecule has 0 spiro atoms. The third-order valence-electron chi connectivity index (χ3n) is 14.3. The van der Waals surface area contributed by atoms with E-state index in [2.05, 4.69) is 293 Å². The molecule has 0 amide bonds. The average Bonchev–Trinajstić information content (AvgIpc) is 4.11. The zero-order valence-electron chi connectivity index (χ0n) is 61.4. The smallest absolute Gasteiger partial charge is 0.0326 e. The molecule has 0 radical (unpaired) electrons. The van der Waals surface area contributed by atoms with E-state index in [9.17, 15) is 0 Å². The summed E-state index contributed by atoms with van der Waals surface area (Å²) in [5.74, 6) is 9.55. The number of thiophene rings is 1. The maximum Gasteiger partial charge on any atom is 0.0326 e. The Kier molecular flexibility index (Phi) is 45.2. The minimum atomic E-state index is 0. The van der Waals surface area contributed by atoms with Crippen LogP contribution < -0.4 is 0 Å². The molecular weight excluding hydrogens is 2230 g/mol. The van der Waals surface area contributed by atoms with Gasteiger partial charge in [0.1, 0.15) is 0 Å². The molecule has 0 aliphatic heterocycles. The third kappa shape index (κ3) is 28.5. The first-order valence-corrected chi connectivity index (χ1v) is 33.9. The van der Waals surface area contributed by atoms with E-state index in [4.69, 9.17) is 4.42 Å². The first-order valence-electron chi connectivity index (χ1n) is 29.3. The Morgan fingerprint density at radius 2 is 0.779 bits per heavy atom. The molecule has 12 heteroatoms. The number of hydrogen-bond donors (Lipinski definition) is 0. The number of aromatic nitrogens is 2. The van der Waals surface area contributed by atoms with Crippen LogP contribution in [0.5, 0.6) is 0 Å². The van der Waals surface area contributed by atoms with Crippen LogP contribution in [0.25, 0.3) is 0 Å². The fraction of sp³-hybridized carbons (Fsp3) is 0.595. The summed E-state index contributed by atoms with van der Waals surface area (Å²) < 4.78 is 13.2. The molecule has 0 saturated heterocycles. The van der Waals surface area contributed by atoms with Crippen molar-refractivity contribution in [1.82, 2.24) is 9.13 Å². The van der Waals surface area contributed by atoms with Crippen LogP contribution >= 0.6 is 11.3 Å². The Balaban J connectivity index is -0.000000220. The average molecular weight is 2350 g/mol. The van der Waals surface area contributed by atoms with Gasteiger partial charge in [-0.25, -0.2) is 11.3 Å².